The Balaban J connectivity index is 0. The predicted octanol–water partition coefficient (Wildman–Crippen LogP) is 3.64. The van der Waals surface area contributed by atoms with Gasteiger partial charge >= 0.3 is 5.97 Å². The monoisotopic (exact) mass is 784 g/mol. The van der Waals surface area contributed by atoms with Gasteiger partial charge in [-0.2, -0.15) is 0 Å². The molecule has 326 valence electrons. The van der Waals surface area contributed by atoms with Crippen molar-refractivity contribution in [3.05, 3.63) is 0 Å². The standard InChI is InChI=1S/C28H54N2O7.C6H14O4.C4H11N.C2H6/c1-10-22-25(32)24(31)20(6)29-15-16(2)14-28(7,34)26(17(3)11-18(4)27(33)36-22)37-23-13-21(30(8)9)12-19(5)35-23;1-3-10-6(8)4-5(7)9-2;1-3-4-5-2;1-2/h16-26,29,31-32,34H,10-15H2,1-9H3;5-8H,3-4H2,1-2H3;5H,3-4H2,1-2H3;1-2H3/t16-,17+,18?,19?,20?,21?,22-,23?,24?,25?,26-,28-;;;/m1.../s1. The molecular formula is C40H85N3O11. The molecule has 0 bridgehead atoms. The van der Waals surface area contributed by atoms with Crippen LogP contribution in [0.2, 0.25) is 0 Å². The summed E-state index contributed by atoms with van der Waals surface area (Å²) in [5, 5.41) is 57.2. The summed E-state index contributed by atoms with van der Waals surface area (Å²) in [5.74, 6) is -1.02. The number of cyclic esters (lactones) is 1. The molecule has 0 aliphatic carbocycles. The molecule has 54 heavy (non-hydrogen) atoms. The van der Waals surface area contributed by atoms with Gasteiger partial charge in [0.05, 0.1) is 29.8 Å². The van der Waals surface area contributed by atoms with E-state index in [2.05, 4.69) is 41.3 Å². The summed E-state index contributed by atoms with van der Waals surface area (Å²) < 4.78 is 27.6. The molecular weight excluding hydrogens is 698 g/mol. The van der Waals surface area contributed by atoms with Crippen LogP contribution in [0.15, 0.2) is 0 Å². The molecule has 0 aromatic heterocycles. The average molecular weight is 784 g/mol. The maximum atomic E-state index is 13.0. The Morgan fingerprint density at radius 1 is 1.00 bits per heavy atom. The van der Waals surface area contributed by atoms with Crippen molar-refractivity contribution in [1.82, 2.24) is 15.5 Å². The van der Waals surface area contributed by atoms with Crippen LogP contribution >= 0.6 is 0 Å². The minimum atomic E-state index is -1.20. The van der Waals surface area contributed by atoms with E-state index in [4.69, 9.17) is 29.2 Å². The molecule has 0 radical (unpaired) electrons. The topological polar surface area (TPSA) is 192 Å². The number of carbonyl (C=O) groups excluding carboxylic acids is 1. The van der Waals surface area contributed by atoms with E-state index in [1.54, 1.807) is 27.7 Å². The van der Waals surface area contributed by atoms with Crippen LogP contribution in [-0.4, -0.2) is 151 Å². The summed E-state index contributed by atoms with van der Waals surface area (Å²) in [7, 11) is 7.44. The molecule has 2 saturated heterocycles. The SMILES string of the molecule is CC.CCCNC.CCOC(O)CC(O)OC.CC[C@H]1OC(=O)C(C)C[C@H](C)[C@@H](OC2CC(N(C)C)CC(C)O2)[C@](C)(O)C[C@@H](C)CNC(C)C(O)C1O. The maximum absolute atomic E-state index is 13.0. The van der Waals surface area contributed by atoms with E-state index in [-0.39, 0.29) is 24.4 Å². The summed E-state index contributed by atoms with van der Waals surface area (Å²) in [6, 6.07) is -0.109. The molecule has 14 atom stereocenters. The first-order valence-electron chi connectivity index (χ1n) is 20.4. The van der Waals surface area contributed by atoms with E-state index in [0.717, 1.165) is 13.0 Å². The zero-order chi connectivity index (χ0) is 42.2. The van der Waals surface area contributed by atoms with Gasteiger partial charge in [0.25, 0.3) is 0 Å². The van der Waals surface area contributed by atoms with E-state index in [9.17, 15) is 20.1 Å². The molecule has 0 saturated carbocycles. The highest BCUT2D eigenvalue weighted by atomic mass is 16.7. The maximum Gasteiger partial charge on any atom is 0.309 e. The fraction of sp³-hybridized carbons (Fsp3) is 0.975. The van der Waals surface area contributed by atoms with Crippen LogP contribution in [0.1, 0.15) is 121 Å². The van der Waals surface area contributed by atoms with Gasteiger partial charge in [-0.05, 0) is 106 Å². The second kappa shape index (κ2) is 30.1. The van der Waals surface area contributed by atoms with Crippen molar-refractivity contribution >= 4 is 5.97 Å². The smallest absolute Gasteiger partial charge is 0.309 e. The number of nitrogens with one attached hydrogen (secondary N) is 2. The lowest BCUT2D eigenvalue weighted by atomic mass is 9.79. The lowest BCUT2D eigenvalue weighted by molar-refractivity contribution is -0.261. The second-order valence-corrected chi connectivity index (χ2v) is 15.3. The summed E-state index contributed by atoms with van der Waals surface area (Å²) >= 11 is 0. The molecule has 9 unspecified atom stereocenters. The van der Waals surface area contributed by atoms with Crippen LogP contribution in [0.25, 0.3) is 0 Å². The van der Waals surface area contributed by atoms with E-state index >= 15 is 0 Å². The zero-order valence-electron chi connectivity index (χ0n) is 36.7. The van der Waals surface area contributed by atoms with E-state index in [1.165, 1.54) is 13.5 Å². The first-order chi connectivity index (χ1) is 25.3. The van der Waals surface area contributed by atoms with Crippen molar-refractivity contribution in [3.8, 4) is 0 Å². The largest absolute Gasteiger partial charge is 0.459 e. The van der Waals surface area contributed by atoms with Gasteiger partial charge in [0, 0.05) is 38.6 Å². The van der Waals surface area contributed by atoms with Gasteiger partial charge in [0.2, 0.25) is 0 Å². The molecule has 14 nitrogen and oxygen atoms in total. The Kier molecular flexibility index (Phi) is 30.7. The third-order valence-corrected chi connectivity index (χ3v) is 9.74. The fourth-order valence-corrected chi connectivity index (χ4v) is 6.77. The highest BCUT2D eigenvalue weighted by Gasteiger charge is 2.43. The van der Waals surface area contributed by atoms with Crippen LogP contribution in [0, 0.1) is 17.8 Å². The number of aliphatic hydroxyl groups excluding tert-OH is 4. The van der Waals surface area contributed by atoms with Crippen molar-refractivity contribution in [2.45, 2.75) is 188 Å². The molecule has 0 aromatic rings. The number of nitrogens with zero attached hydrogens (tertiary/aromatic N) is 1. The molecule has 7 N–H and O–H groups in total. The van der Waals surface area contributed by atoms with Gasteiger partial charge in [-0.1, -0.05) is 48.5 Å². The number of carbonyl (C=O) groups is 1. The van der Waals surface area contributed by atoms with Gasteiger partial charge < -0.3 is 64.8 Å². The van der Waals surface area contributed by atoms with Crippen molar-refractivity contribution in [2.24, 2.45) is 17.8 Å². The Labute approximate surface area is 329 Å². The first-order valence-corrected chi connectivity index (χ1v) is 20.4. The van der Waals surface area contributed by atoms with Crippen LogP contribution in [-0.2, 0) is 28.5 Å². The van der Waals surface area contributed by atoms with E-state index in [1.807, 2.05) is 48.6 Å². The average Bonchev–Trinajstić information content (AvgIpc) is 3.11. The Hall–Kier alpha value is -1.01. The van der Waals surface area contributed by atoms with Crippen molar-refractivity contribution < 1.29 is 54.0 Å². The van der Waals surface area contributed by atoms with Crippen molar-refractivity contribution in [2.75, 3.05) is 47.9 Å². The summed E-state index contributed by atoms with van der Waals surface area (Å²) in [4.78, 5) is 15.2. The normalized spacial score (nSPS) is 35.3. The molecule has 0 amide bonds. The van der Waals surface area contributed by atoms with Crippen molar-refractivity contribution in [3.63, 3.8) is 0 Å². The molecule has 2 aliphatic heterocycles. The molecule has 2 heterocycles. The highest BCUT2D eigenvalue weighted by Crippen LogP contribution is 2.35. The van der Waals surface area contributed by atoms with E-state index in [0.29, 0.717) is 44.9 Å². The number of esters is 1. The van der Waals surface area contributed by atoms with Crippen LogP contribution in [0.3, 0.4) is 0 Å². The number of rotatable bonds is 11. The van der Waals surface area contributed by atoms with Crippen LogP contribution in [0.4, 0.5) is 0 Å². The quantitative estimate of drug-likeness (QED) is 0.119. The molecule has 2 aliphatic rings. The first kappa shape index (κ1) is 55.1. The third-order valence-electron chi connectivity index (χ3n) is 9.74. The zero-order valence-corrected chi connectivity index (χ0v) is 36.7. The Morgan fingerprint density at radius 2 is 1.61 bits per heavy atom. The highest BCUT2D eigenvalue weighted by molar-refractivity contribution is 5.72. The molecule has 0 spiro atoms. The van der Waals surface area contributed by atoms with Gasteiger partial charge in [-0.15, -0.1) is 0 Å². The van der Waals surface area contributed by atoms with Gasteiger partial charge in [0.15, 0.2) is 18.9 Å². The third kappa shape index (κ3) is 22.1. The summed E-state index contributed by atoms with van der Waals surface area (Å²) in [6.45, 7) is 23.3. The number of methoxy groups -OCH3 is 1. The number of hydrogen-bond donors (Lipinski definition) is 7. The summed E-state index contributed by atoms with van der Waals surface area (Å²) in [5.41, 5.74) is -1.19. The minimum absolute atomic E-state index is 0.0380. The summed E-state index contributed by atoms with van der Waals surface area (Å²) in [6.07, 6.45) is -1.73. The Morgan fingerprint density at radius 3 is 2.09 bits per heavy atom. The van der Waals surface area contributed by atoms with Crippen LogP contribution in [0.5, 0.6) is 0 Å². The van der Waals surface area contributed by atoms with Crippen LogP contribution < -0.4 is 10.6 Å². The van der Waals surface area contributed by atoms with Gasteiger partial charge in [0.1, 0.15) is 12.2 Å². The molecule has 2 rings (SSSR count). The number of aliphatic hydroxyl groups is 5. The predicted molar refractivity (Wildman–Crippen MR) is 214 cm³/mol. The van der Waals surface area contributed by atoms with E-state index < -0.39 is 66.8 Å². The fourth-order valence-electron chi connectivity index (χ4n) is 6.77. The minimum Gasteiger partial charge on any atom is -0.459 e. The lowest BCUT2D eigenvalue weighted by Gasteiger charge is -2.44. The van der Waals surface area contributed by atoms with Gasteiger partial charge in [-0.25, -0.2) is 0 Å². The molecule has 2 fully saturated rings. The molecule has 0 aromatic carbocycles. The molecule has 14 heteroatoms. The number of hydrogen-bond acceptors (Lipinski definition) is 14. The second-order valence-electron chi connectivity index (χ2n) is 15.3. The lowest BCUT2D eigenvalue weighted by Crippen LogP contribution is -2.52. The Bertz CT molecular complexity index is 916. The number of ether oxygens (including phenoxy) is 5. The van der Waals surface area contributed by atoms with Crippen molar-refractivity contribution in [1.29, 1.82) is 0 Å². The van der Waals surface area contributed by atoms with Gasteiger partial charge in [-0.3, -0.25) is 4.79 Å².